The highest BCUT2D eigenvalue weighted by Crippen LogP contribution is 2.49. The molecule has 0 bridgehead atoms. The third-order valence-electron chi connectivity index (χ3n) is 6.20. The Morgan fingerprint density at radius 3 is 2.39 bits per heavy atom. The lowest BCUT2D eigenvalue weighted by Gasteiger charge is -2.43. The van der Waals surface area contributed by atoms with Gasteiger partial charge in [0.05, 0.1) is 11.8 Å². The first-order valence-corrected chi connectivity index (χ1v) is 9.13. The van der Waals surface area contributed by atoms with E-state index in [4.69, 9.17) is 0 Å². The maximum atomic E-state index is 12.9. The SMILES string of the molecule is CC1(C)CCCC2=C1C[C@H](C(=O)O)[C@H](C(=O)N1CCCCC1)C2. The van der Waals surface area contributed by atoms with Gasteiger partial charge in [-0.1, -0.05) is 25.0 Å². The fourth-order valence-electron chi connectivity index (χ4n) is 4.81. The van der Waals surface area contributed by atoms with E-state index in [0.717, 1.165) is 45.2 Å². The number of nitrogens with zero attached hydrogens (tertiary/aromatic N) is 1. The second kappa shape index (κ2) is 6.29. The van der Waals surface area contributed by atoms with E-state index in [1.165, 1.54) is 17.6 Å². The number of hydrogen-bond acceptors (Lipinski definition) is 2. The molecule has 0 aromatic heterocycles. The highest BCUT2D eigenvalue weighted by Gasteiger charge is 2.44. The first kappa shape index (κ1) is 16.5. The summed E-state index contributed by atoms with van der Waals surface area (Å²) in [6.07, 6.45) is 7.87. The summed E-state index contributed by atoms with van der Waals surface area (Å²) in [6.45, 7) is 6.07. The molecule has 4 nitrogen and oxygen atoms in total. The predicted octanol–water partition coefficient (Wildman–Crippen LogP) is 3.62. The summed E-state index contributed by atoms with van der Waals surface area (Å²) in [6, 6.07) is 0. The standard InChI is InChI=1S/C19H29NO3/c1-19(2)8-6-7-13-11-14(15(18(22)23)12-16(13)19)17(21)20-9-4-3-5-10-20/h14-15H,3-12H2,1-2H3,(H,22,23)/t14-,15+/m1/s1. The number of rotatable bonds is 2. The summed E-state index contributed by atoms with van der Waals surface area (Å²) in [5, 5.41) is 9.72. The van der Waals surface area contributed by atoms with Crippen LogP contribution >= 0.6 is 0 Å². The van der Waals surface area contributed by atoms with E-state index >= 15 is 0 Å². The van der Waals surface area contributed by atoms with Crippen molar-refractivity contribution in [2.24, 2.45) is 17.3 Å². The minimum Gasteiger partial charge on any atom is -0.481 e. The van der Waals surface area contributed by atoms with E-state index in [1.807, 2.05) is 4.90 Å². The molecule has 2 atom stereocenters. The van der Waals surface area contributed by atoms with E-state index in [-0.39, 0.29) is 17.2 Å². The van der Waals surface area contributed by atoms with Crippen molar-refractivity contribution >= 4 is 11.9 Å². The summed E-state index contributed by atoms with van der Waals surface area (Å²) in [7, 11) is 0. The van der Waals surface area contributed by atoms with Crippen molar-refractivity contribution in [1.82, 2.24) is 4.90 Å². The van der Waals surface area contributed by atoms with Gasteiger partial charge in [-0.2, -0.15) is 0 Å². The first-order chi connectivity index (χ1) is 10.9. The van der Waals surface area contributed by atoms with Crippen molar-refractivity contribution in [2.75, 3.05) is 13.1 Å². The van der Waals surface area contributed by atoms with Gasteiger partial charge in [0.2, 0.25) is 5.91 Å². The molecule has 1 aliphatic heterocycles. The largest absolute Gasteiger partial charge is 0.481 e. The minimum atomic E-state index is -0.798. The van der Waals surface area contributed by atoms with Crippen molar-refractivity contribution in [3.8, 4) is 0 Å². The average molecular weight is 319 g/mol. The monoisotopic (exact) mass is 319 g/mol. The number of piperidine rings is 1. The molecule has 1 N–H and O–H groups in total. The average Bonchev–Trinajstić information content (AvgIpc) is 2.53. The molecule has 0 radical (unpaired) electrons. The molecule has 2 aliphatic carbocycles. The molecule has 0 aromatic carbocycles. The second-order valence-electron chi connectivity index (χ2n) is 8.16. The summed E-state index contributed by atoms with van der Waals surface area (Å²) in [4.78, 5) is 26.7. The van der Waals surface area contributed by atoms with Crippen LogP contribution in [0.2, 0.25) is 0 Å². The molecule has 1 fully saturated rings. The number of carboxylic acids is 1. The molecule has 0 unspecified atom stereocenters. The Hall–Kier alpha value is -1.32. The third kappa shape index (κ3) is 3.17. The van der Waals surface area contributed by atoms with Gasteiger partial charge in [0, 0.05) is 13.1 Å². The molecular weight excluding hydrogens is 290 g/mol. The van der Waals surface area contributed by atoms with Crippen LogP contribution in [0.1, 0.15) is 65.2 Å². The number of amides is 1. The number of carbonyl (C=O) groups is 2. The topological polar surface area (TPSA) is 57.6 Å². The summed E-state index contributed by atoms with van der Waals surface area (Å²) >= 11 is 0. The summed E-state index contributed by atoms with van der Waals surface area (Å²) in [5.74, 6) is -1.60. The Morgan fingerprint density at radius 2 is 1.74 bits per heavy atom. The minimum absolute atomic E-state index is 0.0898. The first-order valence-electron chi connectivity index (χ1n) is 9.13. The maximum absolute atomic E-state index is 12.9. The van der Waals surface area contributed by atoms with Crippen LogP contribution in [0.4, 0.5) is 0 Å². The number of hydrogen-bond donors (Lipinski definition) is 1. The van der Waals surface area contributed by atoms with Crippen molar-refractivity contribution in [3.05, 3.63) is 11.1 Å². The van der Waals surface area contributed by atoms with Crippen molar-refractivity contribution in [3.63, 3.8) is 0 Å². The molecule has 1 heterocycles. The van der Waals surface area contributed by atoms with Crippen LogP contribution in [0.3, 0.4) is 0 Å². The van der Waals surface area contributed by atoms with Crippen molar-refractivity contribution < 1.29 is 14.7 Å². The van der Waals surface area contributed by atoms with Gasteiger partial charge >= 0.3 is 5.97 Å². The normalized spacial score (nSPS) is 30.8. The number of aliphatic carboxylic acids is 1. The molecule has 0 spiro atoms. The van der Waals surface area contributed by atoms with Gasteiger partial charge in [0.15, 0.2) is 0 Å². The Balaban J connectivity index is 1.86. The van der Waals surface area contributed by atoms with Gasteiger partial charge in [0.25, 0.3) is 0 Å². The Morgan fingerprint density at radius 1 is 1.04 bits per heavy atom. The maximum Gasteiger partial charge on any atom is 0.307 e. The molecule has 3 rings (SSSR count). The number of carbonyl (C=O) groups excluding carboxylic acids is 1. The predicted molar refractivity (Wildman–Crippen MR) is 88.9 cm³/mol. The molecule has 0 aromatic rings. The van der Waals surface area contributed by atoms with Crippen LogP contribution in [0.15, 0.2) is 11.1 Å². The van der Waals surface area contributed by atoms with Crippen LogP contribution in [0.25, 0.3) is 0 Å². The van der Waals surface area contributed by atoms with Crippen LogP contribution in [-0.4, -0.2) is 35.0 Å². The van der Waals surface area contributed by atoms with E-state index in [2.05, 4.69) is 13.8 Å². The van der Waals surface area contributed by atoms with Gasteiger partial charge < -0.3 is 10.0 Å². The van der Waals surface area contributed by atoms with Gasteiger partial charge in [-0.15, -0.1) is 0 Å². The summed E-state index contributed by atoms with van der Waals surface area (Å²) in [5.41, 5.74) is 2.81. The molecule has 1 amide bonds. The van der Waals surface area contributed by atoms with Crippen LogP contribution in [0.5, 0.6) is 0 Å². The van der Waals surface area contributed by atoms with E-state index in [0.29, 0.717) is 12.8 Å². The van der Waals surface area contributed by atoms with Crippen molar-refractivity contribution in [1.29, 1.82) is 0 Å². The smallest absolute Gasteiger partial charge is 0.307 e. The zero-order valence-corrected chi connectivity index (χ0v) is 14.4. The quantitative estimate of drug-likeness (QED) is 0.791. The highest BCUT2D eigenvalue weighted by molar-refractivity contribution is 5.86. The number of allylic oxidation sites excluding steroid dienone is 2. The van der Waals surface area contributed by atoms with Gasteiger partial charge in [-0.3, -0.25) is 9.59 Å². The lowest BCUT2D eigenvalue weighted by Crippen LogP contribution is -2.46. The number of likely N-dealkylation sites (tertiary alicyclic amines) is 1. The van der Waals surface area contributed by atoms with Crippen LogP contribution in [0, 0.1) is 17.3 Å². The van der Waals surface area contributed by atoms with Gasteiger partial charge in [-0.25, -0.2) is 0 Å². The molecule has 3 aliphatic rings. The lowest BCUT2D eigenvalue weighted by molar-refractivity contribution is -0.151. The lowest BCUT2D eigenvalue weighted by atomic mass is 9.63. The van der Waals surface area contributed by atoms with Crippen molar-refractivity contribution in [2.45, 2.75) is 65.2 Å². The van der Waals surface area contributed by atoms with Gasteiger partial charge in [-0.05, 0) is 56.8 Å². The molecule has 23 heavy (non-hydrogen) atoms. The van der Waals surface area contributed by atoms with E-state index in [9.17, 15) is 14.7 Å². The van der Waals surface area contributed by atoms with Crippen LogP contribution < -0.4 is 0 Å². The third-order valence-corrected chi connectivity index (χ3v) is 6.20. The molecule has 0 saturated carbocycles. The molecule has 4 heteroatoms. The van der Waals surface area contributed by atoms with Crippen LogP contribution in [-0.2, 0) is 9.59 Å². The Labute approximate surface area is 138 Å². The van der Waals surface area contributed by atoms with E-state index in [1.54, 1.807) is 0 Å². The summed E-state index contributed by atoms with van der Waals surface area (Å²) < 4.78 is 0. The Kier molecular flexibility index (Phi) is 4.52. The zero-order chi connectivity index (χ0) is 16.6. The fraction of sp³-hybridized carbons (Fsp3) is 0.789. The van der Waals surface area contributed by atoms with Gasteiger partial charge in [0.1, 0.15) is 0 Å². The molecule has 128 valence electrons. The number of carboxylic acid groups (broad SMARTS) is 1. The van der Waals surface area contributed by atoms with E-state index < -0.39 is 11.9 Å². The Bertz CT molecular complexity index is 529. The molecular formula is C19H29NO3. The second-order valence-corrected chi connectivity index (χ2v) is 8.16. The molecule has 1 saturated heterocycles. The zero-order valence-electron chi connectivity index (χ0n) is 14.4. The fourth-order valence-corrected chi connectivity index (χ4v) is 4.81. The highest BCUT2D eigenvalue weighted by atomic mass is 16.4.